The molecular weight excluding hydrogens is 244 g/mol. The number of rotatable bonds is 3. The van der Waals surface area contributed by atoms with Crippen LogP contribution in [0.4, 0.5) is 0 Å². The van der Waals surface area contributed by atoms with E-state index in [1.54, 1.807) is 0 Å². The average molecular weight is 263 g/mol. The van der Waals surface area contributed by atoms with Crippen molar-refractivity contribution in [1.29, 1.82) is 0 Å². The normalized spacial score (nSPS) is 20.3. The Morgan fingerprint density at radius 1 is 1.61 bits per heavy atom. The van der Waals surface area contributed by atoms with Crippen molar-refractivity contribution < 1.29 is 0 Å². The summed E-state index contributed by atoms with van der Waals surface area (Å²) in [6, 6.07) is 2.53. The lowest BCUT2D eigenvalue weighted by Crippen LogP contribution is -2.24. The Kier molecular flexibility index (Phi) is 4.27. The number of likely N-dealkylation sites (tertiary alicyclic amines) is 1. The molecule has 0 aliphatic carbocycles. The van der Waals surface area contributed by atoms with Crippen LogP contribution in [0, 0.1) is 12.3 Å². The average Bonchev–Trinajstić information content (AvgIpc) is 2.78. The van der Waals surface area contributed by atoms with Crippen LogP contribution in [0.5, 0.6) is 0 Å². The molecule has 0 bridgehead atoms. The fraction of sp³-hybridized carbons (Fsp3) is 0.533. The maximum absolute atomic E-state index is 6.26. The number of aromatic nitrogens is 1. The van der Waals surface area contributed by atoms with E-state index in [0.717, 1.165) is 18.5 Å². The zero-order valence-corrected chi connectivity index (χ0v) is 11.7. The standard InChI is InChI=1S/C15H19ClN2/c1-4-7-18-8-5-6-14(18)13-9-12(11(2)3)10-17-15(13)16/h1,9-11,14H,5-8H2,2-3H3/t14-/m0/s1. The van der Waals surface area contributed by atoms with Crippen molar-refractivity contribution in [3.05, 3.63) is 28.5 Å². The first-order valence-corrected chi connectivity index (χ1v) is 6.84. The van der Waals surface area contributed by atoms with E-state index >= 15 is 0 Å². The molecule has 1 aromatic rings. The van der Waals surface area contributed by atoms with Gasteiger partial charge in [-0.2, -0.15) is 0 Å². The molecule has 1 fully saturated rings. The highest BCUT2D eigenvalue weighted by molar-refractivity contribution is 6.30. The van der Waals surface area contributed by atoms with Gasteiger partial charge in [0.05, 0.1) is 6.54 Å². The molecule has 2 nitrogen and oxygen atoms in total. The van der Waals surface area contributed by atoms with Crippen LogP contribution in [-0.2, 0) is 0 Å². The highest BCUT2D eigenvalue weighted by atomic mass is 35.5. The first-order chi connectivity index (χ1) is 8.63. The largest absolute Gasteiger partial charge is 0.285 e. The third-order valence-corrected chi connectivity index (χ3v) is 3.89. The van der Waals surface area contributed by atoms with Crippen LogP contribution in [0.25, 0.3) is 0 Å². The zero-order valence-electron chi connectivity index (χ0n) is 11.0. The maximum atomic E-state index is 6.26. The van der Waals surface area contributed by atoms with Gasteiger partial charge in [0, 0.05) is 17.8 Å². The number of nitrogens with zero attached hydrogens (tertiary/aromatic N) is 2. The summed E-state index contributed by atoms with van der Waals surface area (Å²) < 4.78 is 0. The Morgan fingerprint density at radius 3 is 3.06 bits per heavy atom. The second-order valence-electron chi connectivity index (χ2n) is 5.14. The van der Waals surface area contributed by atoms with Crippen molar-refractivity contribution in [3.63, 3.8) is 0 Å². The molecule has 0 amide bonds. The number of hydrogen-bond acceptors (Lipinski definition) is 2. The lowest BCUT2D eigenvalue weighted by Gasteiger charge is -2.23. The molecule has 18 heavy (non-hydrogen) atoms. The molecule has 1 aromatic heterocycles. The molecule has 0 spiro atoms. The van der Waals surface area contributed by atoms with Gasteiger partial charge in [-0.05, 0) is 36.9 Å². The van der Waals surface area contributed by atoms with E-state index in [4.69, 9.17) is 18.0 Å². The van der Waals surface area contributed by atoms with Gasteiger partial charge in [0.2, 0.25) is 0 Å². The molecule has 0 radical (unpaired) electrons. The minimum absolute atomic E-state index is 0.333. The molecule has 0 unspecified atom stereocenters. The number of pyridine rings is 1. The van der Waals surface area contributed by atoms with Crippen molar-refractivity contribution in [2.45, 2.75) is 38.6 Å². The minimum Gasteiger partial charge on any atom is -0.285 e. The van der Waals surface area contributed by atoms with Crippen LogP contribution in [0.3, 0.4) is 0 Å². The van der Waals surface area contributed by atoms with Crippen molar-refractivity contribution >= 4 is 11.6 Å². The molecular formula is C15H19ClN2. The molecule has 0 N–H and O–H groups in total. The van der Waals surface area contributed by atoms with Crippen molar-refractivity contribution in [2.75, 3.05) is 13.1 Å². The summed E-state index contributed by atoms with van der Waals surface area (Å²) in [6.45, 7) is 6.08. The SMILES string of the molecule is C#CCN1CCC[C@H]1c1cc(C(C)C)cnc1Cl. The summed E-state index contributed by atoms with van der Waals surface area (Å²) in [4.78, 5) is 6.64. The highest BCUT2D eigenvalue weighted by Gasteiger charge is 2.27. The van der Waals surface area contributed by atoms with E-state index in [9.17, 15) is 0 Å². The van der Waals surface area contributed by atoms with Gasteiger partial charge in [-0.3, -0.25) is 4.90 Å². The molecule has 1 aliphatic rings. The van der Waals surface area contributed by atoms with Crippen molar-refractivity contribution in [2.24, 2.45) is 0 Å². The summed E-state index contributed by atoms with van der Waals surface area (Å²) in [7, 11) is 0. The predicted molar refractivity (Wildman–Crippen MR) is 75.7 cm³/mol. The fourth-order valence-electron chi connectivity index (χ4n) is 2.52. The quantitative estimate of drug-likeness (QED) is 0.611. The monoisotopic (exact) mass is 262 g/mol. The third-order valence-electron chi connectivity index (χ3n) is 3.57. The Hall–Kier alpha value is -1.04. The topological polar surface area (TPSA) is 16.1 Å². The van der Waals surface area contributed by atoms with Crippen LogP contribution in [0.2, 0.25) is 5.15 Å². The van der Waals surface area contributed by atoms with Gasteiger partial charge in [0.1, 0.15) is 5.15 Å². The molecule has 2 rings (SSSR count). The zero-order chi connectivity index (χ0) is 13.1. The van der Waals surface area contributed by atoms with Crippen LogP contribution < -0.4 is 0 Å². The molecule has 2 heterocycles. The summed E-state index contributed by atoms with van der Waals surface area (Å²) in [5, 5.41) is 0.619. The van der Waals surface area contributed by atoms with E-state index in [1.807, 2.05) is 6.20 Å². The molecule has 96 valence electrons. The molecule has 0 saturated carbocycles. The van der Waals surface area contributed by atoms with Gasteiger partial charge in [0.25, 0.3) is 0 Å². The first-order valence-electron chi connectivity index (χ1n) is 6.46. The Balaban J connectivity index is 2.32. The molecule has 0 aromatic carbocycles. The van der Waals surface area contributed by atoms with Gasteiger partial charge in [-0.25, -0.2) is 4.98 Å². The summed E-state index contributed by atoms with van der Waals surface area (Å²) in [5.41, 5.74) is 2.37. The van der Waals surface area contributed by atoms with Gasteiger partial charge >= 0.3 is 0 Å². The second-order valence-corrected chi connectivity index (χ2v) is 5.49. The van der Waals surface area contributed by atoms with E-state index in [-0.39, 0.29) is 0 Å². The summed E-state index contributed by atoms with van der Waals surface area (Å²) in [6.07, 6.45) is 9.59. The van der Waals surface area contributed by atoms with Gasteiger partial charge in [-0.15, -0.1) is 6.42 Å². The number of terminal acetylenes is 1. The van der Waals surface area contributed by atoms with Crippen molar-refractivity contribution in [1.82, 2.24) is 9.88 Å². The second kappa shape index (κ2) is 5.73. The van der Waals surface area contributed by atoms with Crippen LogP contribution in [0.1, 0.15) is 49.8 Å². The molecule has 1 aliphatic heterocycles. The molecule has 3 heteroatoms. The van der Waals surface area contributed by atoms with E-state index in [1.165, 1.54) is 12.0 Å². The predicted octanol–water partition coefficient (Wildman–Crippen LogP) is 3.63. The first kappa shape index (κ1) is 13.4. The van der Waals surface area contributed by atoms with Crippen LogP contribution in [0.15, 0.2) is 12.3 Å². The van der Waals surface area contributed by atoms with Crippen LogP contribution in [-0.4, -0.2) is 23.0 Å². The van der Waals surface area contributed by atoms with Gasteiger partial charge < -0.3 is 0 Å². The third kappa shape index (κ3) is 2.68. The molecule has 1 saturated heterocycles. The van der Waals surface area contributed by atoms with E-state index < -0.39 is 0 Å². The minimum atomic E-state index is 0.333. The van der Waals surface area contributed by atoms with Crippen LogP contribution >= 0.6 is 11.6 Å². The Bertz CT molecular complexity index is 462. The summed E-state index contributed by atoms with van der Waals surface area (Å²) >= 11 is 6.26. The number of halogens is 1. The maximum Gasteiger partial charge on any atom is 0.133 e. The lowest BCUT2D eigenvalue weighted by molar-refractivity contribution is 0.289. The Labute approximate surface area is 114 Å². The van der Waals surface area contributed by atoms with E-state index in [2.05, 4.69) is 35.7 Å². The smallest absolute Gasteiger partial charge is 0.133 e. The lowest BCUT2D eigenvalue weighted by atomic mass is 9.99. The van der Waals surface area contributed by atoms with Crippen molar-refractivity contribution in [3.8, 4) is 12.3 Å². The fourth-order valence-corrected chi connectivity index (χ4v) is 2.75. The Morgan fingerprint density at radius 2 is 2.39 bits per heavy atom. The van der Waals surface area contributed by atoms with E-state index in [0.29, 0.717) is 23.7 Å². The van der Waals surface area contributed by atoms with Gasteiger partial charge in [-0.1, -0.05) is 31.4 Å². The highest BCUT2D eigenvalue weighted by Crippen LogP contribution is 2.35. The summed E-state index contributed by atoms with van der Waals surface area (Å²) in [5.74, 6) is 3.20. The van der Waals surface area contributed by atoms with Gasteiger partial charge in [0.15, 0.2) is 0 Å². The molecule has 1 atom stereocenters. The number of hydrogen-bond donors (Lipinski definition) is 0.